The van der Waals surface area contributed by atoms with Gasteiger partial charge < -0.3 is 30.0 Å². The maximum absolute atomic E-state index is 11.7. The first-order valence-corrected chi connectivity index (χ1v) is 9.90. The molecule has 7 nitrogen and oxygen atoms in total. The van der Waals surface area contributed by atoms with Crippen molar-refractivity contribution in [3.63, 3.8) is 0 Å². The van der Waals surface area contributed by atoms with Crippen LogP contribution in [0.2, 0.25) is 0 Å². The smallest absolute Gasteiger partial charge is 0.146 e. The summed E-state index contributed by atoms with van der Waals surface area (Å²) in [6.07, 6.45) is 4.74. The van der Waals surface area contributed by atoms with Crippen LogP contribution in [-0.4, -0.2) is 56.6 Å². The first-order valence-electron chi connectivity index (χ1n) is 9.90. The monoisotopic (exact) mass is 393 g/mol. The number of carbonyl (C=O) groups excluding carboxylic acids is 1. The molecule has 29 heavy (non-hydrogen) atoms. The van der Waals surface area contributed by atoms with Crippen molar-refractivity contribution in [1.29, 1.82) is 0 Å². The van der Waals surface area contributed by atoms with Gasteiger partial charge in [0.25, 0.3) is 0 Å². The standard InChI is InChI=1S/C22H27N5O2/c1-26(2)14-18-12-16-6-7-23-20(15-28)21(16)22(25-18)24-17-4-3-5-19(13-17)27-8-10-29-11-9-27/h3-7,12-13,15,20,23H,8-11,14H2,1-2H3,(H,24,25). The van der Waals surface area contributed by atoms with Crippen LogP contribution in [-0.2, 0) is 16.1 Å². The lowest BCUT2D eigenvalue weighted by atomic mass is 9.98. The molecule has 2 aliphatic heterocycles. The van der Waals surface area contributed by atoms with Crippen LogP contribution in [0.4, 0.5) is 17.2 Å². The molecular weight excluding hydrogens is 366 g/mol. The molecule has 1 saturated heterocycles. The highest BCUT2D eigenvalue weighted by Gasteiger charge is 2.22. The van der Waals surface area contributed by atoms with E-state index in [1.807, 2.05) is 38.5 Å². The van der Waals surface area contributed by atoms with Crippen LogP contribution in [0.5, 0.6) is 0 Å². The number of fused-ring (bicyclic) bond motifs is 1. The molecule has 0 amide bonds. The van der Waals surface area contributed by atoms with Gasteiger partial charge in [-0.3, -0.25) is 0 Å². The minimum absolute atomic E-state index is 0.416. The molecule has 7 heteroatoms. The number of rotatable bonds is 6. The van der Waals surface area contributed by atoms with Gasteiger partial charge in [-0.25, -0.2) is 4.98 Å². The molecule has 4 rings (SSSR count). The molecule has 0 saturated carbocycles. The fourth-order valence-electron chi connectivity index (χ4n) is 3.77. The zero-order chi connectivity index (χ0) is 20.2. The van der Waals surface area contributed by atoms with Gasteiger partial charge in [0.05, 0.1) is 18.9 Å². The molecule has 152 valence electrons. The molecule has 1 aromatic heterocycles. The fourth-order valence-corrected chi connectivity index (χ4v) is 3.77. The Kier molecular flexibility index (Phi) is 5.78. The Morgan fingerprint density at radius 3 is 2.90 bits per heavy atom. The average Bonchev–Trinajstić information content (AvgIpc) is 2.73. The Hall–Kier alpha value is -2.90. The van der Waals surface area contributed by atoms with Crippen molar-refractivity contribution >= 4 is 29.6 Å². The van der Waals surface area contributed by atoms with E-state index in [1.165, 1.54) is 0 Å². The molecule has 1 fully saturated rings. The number of anilines is 3. The third kappa shape index (κ3) is 4.41. The van der Waals surface area contributed by atoms with E-state index >= 15 is 0 Å². The zero-order valence-corrected chi connectivity index (χ0v) is 16.9. The summed E-state index contributed by atoms with van der Waals surface area (Å²) in [4.78, 5) is 20.9. The quantitative estimate of drug-likeness (QED) is 0.731. The van der Waals surface area contributed by atoms with Crippen molar-refractivity contribution in [2.75, 3.05) is 50.6 Å². The molecule has 1 unspecified atom stereocenters. The van der Waals surface area contributed by atoms with Gasteiger partial charge in [0.1, 0.15) is 18.1 Å². The molecule has 2 N–H and O–H groups in total. The van der Waals surface area contributed by atoms with E-state index < -0.39 is 6.04 Å². The highest BCUT2D eigenvalue weighted by molar-refractivity contribution is 5.77. The predicted molar refractivity (Wildman–Crippen MR) is 115 cm³/mol. The van der Waals surface area contributed by atoms with E-state index in [0.717, 1.165) is 67.3 Å². The van der Waals surface area contributed by atoms with Crippen LogP contribution in [0, 0.1) is 0 Å². The summed E-state index contributed by atoms with van der Waals surface area (Å²) in [6, 6.07) is 9.94. The van der Waals surface area contributed by atoms with Crippen LogP contribution in [0.25, 0.3) is 6.08 Å². The fraction of sp³-hybridized carbons (Fsp3) is 0.364. The first kappa shape index (κ1) is 19.4. The van der Waals surface area contributed by atoms with E-state index in [-0.39, 0.29) is 0 Å². The second kappa shape index (κ2) is 8.63. The number of ether oxygens (including phenoxy) is 1. The molecule has 0 spiro atoms. The molecular formula is C22H27N5O2. The maximum atomic E-state index is 11.7. The molecule has 2 aromatic rings. The van der Waals surface area contributed by atoms with Gasteiger partial charge in [-0.2, -0.15) is 0 Å². The number of nitrogens with one attached hydrogen (secondary N) is 2. The van der Waals surface area contributed by atoms with Crippen molar-refractivity contribution in [3.8, 4) is 0 Å². The van der Waals surface area contributed by atoms with Gasteiger partial charge in [0.15, 0.2) is 0 Å². The largest absolute Gasteiger partial charge is 0.378 e. The van der Waals surface area contributed by atoms with Crippen LogP contribution in [0.15, 0.2) is 36.5 Å². The number of morpholine rings is 1. The topological polar surface area (TPSA) is 69.7 Å². The summed E-state index contributed by atoms with van der Waals surface area (Å²) in [5, 5.41) is 6.58. The Morgan fingerprint density at radius 1 is 1.31 bits per heavy atom. The Balaban J connectivity index is 1.68. The number of aromatic nitrogens is 1. The highest BCUT2D eigenvalue weighted by atomic mass is 16.5. The lowest BCUT2D eigenvalue weighted by Gasteiger charge is -2.29. The number of hydrogen-bond acceptors (Lipinski definition) is 7. The second-order valence-electron chi connectivity index (χ2n) is 7.59. The van der Waals surface area contributed by atoms with Crippen molar-refractivity contribution < 1.29 is 9.53 Å². The van der Waals surface area contributed by atoms with Gasteiger partial charge in [0, 0.05) is 36.6 Å². The van der Waals surface area contributed by atoms with Gasteiger partial charge in [-0.15, -0.1) is 0 Å². The molecule has 0 radical (unpaired) electrons. The van der Waals surface area contributed by atoms with E-state index in [1.54, 1.807) is 0 Å². The Labute approximate surface area is 171 Å². The summed E-state index contributed by atoms with van der Waals surface area (Å²) in [6.45, 7) is 3.99. The summed E-state index contributed by atoms with van der Waals surface area (Å²) in [5.41, 5.74) is 4.95. The van der Waals surface area contributed by atoms with Gasteiger partial charge >= 0.3 is 0 Å². The summed E-state index contributed by atoms with van der Waals surface area (Å²) < 4.78 is 5.46. The maximum Gasteiger partial charge on any atom is 0.146 e. The third-order valence-electron chi connectivity index (χ3n) is 5.09. The molecule has 0 bridgehead atoms. The number of hydrogen-bond donors (Lipinski definition) is 2. The number of aldehydes is 1. The van der Waals surface area contributed by atoms with Crippen molar-refractivity contribution in [2.45, 2.75) is 12.6 Å². The molecule has 1 aromatic carbocycles. The second-order valence-corrected chi connectivity index (χ2v) is 7.59. The van der Waals surface area contributed by atoms with Crippen LogP contribution < -0.4 is 15.5 Å². The number of pyridine rings is 1. The first-order chi connectivity index (χ1) is 14.1. The van der Waals surface area contributed by atoms with E-state index in [9.17, 15) is 4.79 Å². The minimum Gasteiger partial charge on any atom is -0.378 e. The third-order valence-corrected chi connectivity index (χ3v) is 5.09. The molecule has 0 aliphatic carbocycles. The number of carbonyl (C=O) groups is 1. The summed E-state index contributed by atoms with van der Waals surface area (Å²) >= 11 is 0. The van der Waals surface area contributed by atoms with Gasteiger partial charge in [0.2, 0.25) is 0 Å². The minimum atomic E-state index is -0.416. The van der Waals surface area contributed by atoms with Gasteiger partial charge in [-0.05, 0) is 56.2 Å². The molecule has 3 heterocycles. The van der Waals surface area contributed by atoms with Crippen LogP contribution >= 0.6 is 0 Å². The van der Waals surface area contributed by atoms with E-state index in [0.29, 0.717) is 5.82 Å². The molecule has 1 atom stereocenters. The molecule has 2 aliphatic rings. The zero-order valence-electron chi connectivity index (χ0n) is 16.9. The van der Waals surface area contributed by atoms with Gasteiger partial charge in [-0.1, -0.05) is 6.07 Å². The SMILES string of the molecule is CN(C)Cc1cc2c(c(Nc3cccc(N4CCOCC4)c3)n1)C(C=O)NC=C2. The van der Waals surface area contributed by atoms with Crippen LogP contribution in [0.1, 0.15) is 22.9 Å². The Bertz CT molecular complexity index is 906. The average molecular weight is 393 g/mol. The summed E-state index contributed by atoms with van der Waals surface area (Å²) in [5.74, 6) is 0.715. The lowest BCUT2D eigenvalue weighted by Crippen LogP contribution is -2.36. The van der Waals surface area contributed by atoms with Crippen molar-refractivity contribution in [2.24, 2.45) is 0 Å². The predicted octanol–water partition coefficient (Wildman–Crippen LogP) is 2.54. The van der Waals surface area contributed by atoms with Crippen molar-refractivity contribution in [1.82, 2.24) is 15.2 Å². The van der Waals surface area contributed by atoms with Crippen molar-refractivity contribution in [3.05, 3.63) is 53.4 Å². The number of nitrogens with zero attached hydrogens (tertiary/aromatic N) is 3. The van der Waals surface area contributed by atoms with E-state index in [4.69, 9.17) is 9.72 Å². The van der Waals surface area contributed by atoms with Crippen LogP contribution in [0.3, 0.4) is 0 Å². The normalized spacial score (nSPS) is 18.3. The lowest BCUT2D eigenvalue weighted by molar-refractivity contribution is -0.109. The number of benzene rings is 1. The summed E-state index contributed by atoms with van der Waals surface area (Å²) in [7, 11) is 4.04. The highest BCUT2D eigenvalue weighted by Crippen LogP contribution is 2.32. The van der Waals surface area contributed by atoms with E-state index in [2.05, 4.69) is 38.6 Å². The Morgan fingerprint density at radius 2 is 2.14 bits per heavy atom.